The Morgan fingerprint density at radius 2 is 1.67 bits per heavy atom. The summed E-state index contributed by atoms with van der Waals surface area (Å²) in [5.74, 6) is 0. The summed E-state index contributed by atoms with van der Waals surface area (Å²) < 4.78 is 13.1. The number of phosphoric acid groups is 1. The van der Waals surface area contributed by atoms with Crippen LogP contribution < -0.4 is 0 Å². The predicted molar refractivity (Wildman–Crippen MR) is 43.3 cm³/mol. The summed E-state index contributed by atoms with van der Waals surface area (Å²) in [7, 11) is -3.20. The van der Waals surface area contributed by atoms with Crippen molar-refractivity contribution in [2.24, 2.45) is 0 Å². The molecule has 0 fully saturated rings. The highest BCUT2D eigenvalue weighted by Gasteiger charge is 2.07. The molecule has 0 atom stereocenters. The van der Waals surface area contributed by atoms with Crippen molar-refractivity contribution in [2.45, 2.75) is 0 Å². The summed E-state index contributed by atoms with van der Waals surface area (Å²) >= 11 is 0. The van der Waals surface area contributed by atoms with Gasteiger partial charge in [0.25, 0.3) is 0 Å². The molecule has 0 unspecified atom stereocenters. The van der Waals surface area contributed by atoms with Crippen molar-refractivity contribution in [2.75, 3.05) is 7.11 Å². The average molecular weight is 191 g/mol. The Balaban J connectivity index is 0.000000202. The van der Waals surface area contributed by atoms with Crippen LogP contribution in [0.5, 0.6) is 0 Å². The van der Waals surface area contributed by atoms with E-state index < -0.39 is 7.82 Å². The van der Waals surface area contributed by atoms with Gasteiger partial charge in [-0.05, 0) is 12.1 Å². The van der Waals surface area contributed by atoms with Crippen LogP contribution in [0, 0.1) is 0 Å². The molecule has 5 nitrogen and oxygen atoms in total. The molecule has 0 saturated carbocycles. The van der Waals surface area contributed by atoms with Gasteiger partial charge in [0.05, 0.1) is 0 Å². The zero-order chi connectivity index (χ0) is 9.45. The predicted octanol–water partition coefficient (Wildman–Crippen LogP) is 0.807. The standard InChI is InChI=1S/C5H5N.CH5O4P/c1-2-4-6-5-3-1;1-5-6(2,3)4/h1-5H;1H3,(H2,2,3,4). The molecule has 0 aromatic carbocycles. The highest BCUT2D eigenvalue weighted by Crippen LogP contribution is 2.33. The zero-order valence-corrected chi connectivity index (χ0v) is 7.39. The second-order valence-corrected chi connectivity index (χ2v) is 3.04. The quantitative estimate of drug-likeness (QED) is 0.642. The lowest BCUT2D eigenvalue weighted by molar-refractivity contribution is 0.235. The summed E-state index contributed by atoms with van der Waals surface area (Å²) in [5, 5.41) is 0. The Morgan fingerprint density at radius 3 is 1.75 bits per heavy atom. The molecule has 12 heavy (non-hydrogen) atoms. The van der Waals surface area contributed by atoms with E-state index in [4.69, 9.17) is 9.79 Å². The lowest BCUT2D eigenvalue weighted by Crippen LogP contribution is -1.76. The van der Waals surface area contributed by atoms with Crippen LogP contribution in [0.3, 0.4) is 0 Å². The van der Waals surface area contributed by atoms with Crippen molar-refractivity contribution in [3.05, 3.63) is 30.6 Å². The zero-order valence-electron chi connectivity index (χ0n) is 6.49. The maximum Gasteiger partial charge on any atom is 0.469 e. The summed E-state index contributed by atoms with van der Waals surface area (Å²) in [6, 6.07) is 5.72. The minimum Gasteiger partial charge on any atom is -0.303 e. The molecular weight excluding hydrogens is 181 g/mol. The molecule has 1 aromatic heterocycles. The number of nitrogens with zero attached hydrogens (tertiary/aromatic N) is 1. The van der Waals surface area contributed by atoms with E-state index in [0.29, 0.717) is 0 Å². The first-order valence-electron chi connectivity index (χ1n) is 3.02. The van der Waals surface area contributed by atoms with Crippen LogP contribution in [0.4, 0.5) is 0 Å². The van der Waals surface area contributed by atoms with Gasteiger partial charge in [0, 0.05) is 19.5 Å². The fourth-order valence-electron chi connectivity index (χ4n) is 0.313. The lowest BCUT2D eigenvalue weighted by atomic mass is 10.5. The Bertz CT molecular complexity index is 208. The van der Waals surface area contributed by atoms with Gasteiger partial charge in [0.2, 0.25) is 0 Å². The lowest BCUT2D eigenvalue weighted by Gasteiger charge is -1.93. The van der Waals surface area contributed by atoms with Crippen LogP contribution in [-0.2, 0) is 9.09 Å². The van der Waals surface area contributed by atoms with Crippen molar-refractivity contribution in [3.63, 3.8) is 0 Å². The largest absolute Gasteiger partial charge is 0.469 e. The molecule has 6 heteroatoms. The number of rotatable bonds is 1. The van der Waals surface area contributed by atoms with Gasteiger partial charge in [-0.1, -0.05) is 6.07 Å². The third-order valence-electron chi connectivity index (χ3n) is 0.804. The van der Waals surface area contributed by atoms with Crippen LogP contribution in [0.15, 0.2) is 30.6 Å². The van der Waals surface area contributed by atoms with Crippen molar-refractivity contribution >= 4 is 7.82 Å². The van der Waals surface area contributed by atoms with Crippen molar-refractivity contribution < 1.29 is 18.9 Å². The molecule has 0 aliphatic carbocycles. The molecule has 68 valence electrons. The van der Waals surface area contributed by atoms with E-state index in [-0.39, 0.29) is 0 Å². The first kappa shape index (κ1) is 11.3. The van der Waals surface area contributed by atoms with Crippen LogP contribution in [0.1, 0.15) is 0 Å². The van der Waals surface area contributed by atoms with Gasteiger partial charge in [-0.15, -0.1) is 0 Å². The molecule has 1 heterocycles. The third kappa shape index (κ3) is 9.26. The van der Waals surface area contributed by atoms with Gasteiger partial charge in [-0.3, -0.25) is 9.51 Å². The summed E-state index contributed by atoms with van der Waals surface area (Å²) in [5.41, 5.74) is 0. The van der Waals surface area contributed by atoms with Crippen LogP contribution in [0.2, 0.25) is 0 Å². The second kappa shape index (κ2) is 5.85. The molecule has 1 rings (SSSR count). The monoisotopic (exact) mass is 191 g/mol. The molecule has 0 amide bonds. The summed E-state index contributed by atoms with van der Waals surface area (Å²) in [4.78, 5) is 19.2. The van der Waals surface area contributed by atoms with Gasteiger partial charge in [0.1, 0.15) is 0 Å². The van der Waals surface area contributed by atoms with Crippen molar-refractivity contribution in [3.8, 4) is 0 Å². The van der Waals surface area contributed by atoms with Gasteiger partial charge in [0.15, 0.2) is 0 Å². The van der Waals surface area contributed by atoms with Crippen LogP contribution in [-0.4, -0.2) is 21.9 Å². The van der Waals surface area contributed by atoms with E-state index in [0.717, 1.165) is 7.11 Å². The fraction of sp³-hybridized carbons (Fsp3) is 0.167. The second-order valence-electron chi connectivity index (χ2n) is 1.70. The maximum atomic E-state index is 9.47. The van der Waals surface area contributed by atoms with E-state index in [2.05, 4.69) is 9.51 Å². The van der Waals surface area contributed by atoms with Gasteiger partial charge >= 0.3 is 7.82 Å². The summed E-state index contributed by atoms with van der Waals surface area (Å²) in [6.45, 7) is 0. The van der Waals surface area contributed by atoms with Gasteiger partial charge < -0.3 is 9.79 Å². The van der Waals surface area contributed by atoms with Gasteiger partial charge in [-0.2, -0.15) is 0 Å². The minimum absolute atomic E-state index is 0.945. The van der Waals surface area contributed by atoms with E-state index in [1.807, 2.05) is 18.2 Å². The first-order valence-corrected chi connectivity index (χ1v) is 4.55. The molecule has 0 saturated heterocycles. The molecule has 1 aromatic rings. The minimum atomic E-state index is -4.15. The Kier molecular flexibility index (Phi) is 5.49. The topological polar surface area (TPSA) is 79.7 Å². The molecular formula is C6H10NO4P. The number of pyridine rings is 1. The number of hydrogen-bond donors (Lipinski definition) is 2. The van der Waals surface area contributed by atoms with E-state index >= 15 is 0 Å². The number of hydrogen-bond acceptors (Lipinski definition) is 3. The molecule has 2 N–H and O–H groups in total. The van der Waals surface area contributed by atoms with E-state index in [1.54, 1.807) is 12.4 Å². The van der Waals surface area contributed by atoms with Crippen LogP contribution >= 0.6 is 7.82 Å². The number of phosphoric ester groups is 1. The Labute approximate surface area is 70.3 Å². The smallest absolute Gasteiger partial charge is 0.303 e. The fourth-order valence-corrected chi connectivity index (χ4v) is 0.313. The molecule has 0 aliphatic rings. The molecule has 0 spiro atoms. The highest BCUT2D eigenvalue weighted by molar-refractivity contribution is 7.46. The van der Waals surface area contributed by atoms with Crippen LogP contribution in [0.25, 0.3) is 0 Å². The number of aromatic nitrogens is 1. The maximum absolute atomic E-state index is 9.47. The SMILES string of the molecule is COP(=O)(O)O.c1ccncc1. The molecule has 0 radical (unpaired) electrons. The Morgan fingerprint density at radius 1 is 1.25 bits per heavy atom. The average Bonchev–Trinajstić information content (AvgIpc) is 2.07. The third-order valence-corrected chi connectivity index (χ3v) is 1.28. The highest BCUT2D eigenvalue weighted by atomic mass is 31.2. The Hall–Kier alpha value is -0.740. The van der Waals surface area contributed by atoms with E-state index in [1.165, 1.54) is 0 Å². The van der Waals surface area contributed by atoms with Crippen molar-refractivity contribution in [1.82, 2.24) is 4.98 Å². The molecule has 0 aliphatic heterocycles. The normalized spacial score (nSPS) is 9.92. The van der Waals surface area contributed by atoms with Crippen molar-refractivity contribution in [1.29, 1.82) is 0 Å². The first-order chi connectivity index (χ1) is 5.56. The summed E-state index contributed by atoms with van der Waals surface area (Å²) in [6.07, 6.45) is 3.50. The molecule has 0 bridgehead atoms. The van der Waals surface area contributed by atoms with Gasteiger partial charge in [-0.25, -0.2) is 4.57 Å². The van der Waals surface area contributed by atoms with E-state index in [9.17, 15) is 4.57 Å².